The lowest BCUT2D eigenvalue weighted by molar-refractivity contribution is 0.470. The molecular formula is C12H19N3. The maximum Gasteiger partial charge on any atom is 0.0770 e. The van der Waals surface area contributed by atoms with Gasteiger partial charge >= 0.3 is 0 Å². The van der Waals surface area contributed by atoms with Gasteiger partial charge in [-0.1, -0.05) is 12.1 Å². The first kappa shape index (κ1) is 10.5. The summed E-state index contributed by atoms with van der Waals surface area (Å²) in [5.41, 5.74) is 14.0. The summed E-state index contributed by atoms with van der Waals surface area (Å²) in [4.78, 5) is 2.28. The number of rotatable bonds is 2. The Morgan fingerprint density at radius 2 is 1.93 bits per heavy atom. The predicted molar refractivity (Wildman–Crippen MR) is 63.5 cm³/mol. The molecule has 0 saturated carbocycles. The van der Waals surface area contributed by atoms with Crippen LogP contribution >= 0.6 is 0 Å². The molecule has 1 fully saturated rings. The molecule has 0 radical (unpaired) electrons. The van der Waals surface area contributed by atoms with E-state index < -0.39 is 0 Å². The van der Waals surface area contributed by atoms with Gasteiger partial charge in [0.25, 0.3) is 0 Å². The third kappa shape index (κ3) is 2.30. The van der Waals surface area contributed by atoms with Gasteiger partial charge in [0.05, 0.1) is 6.17 Å². The number of nitrogens with zero attached hydrogens (tertiary/aromatic N) is 1. The minimum atomic E-state index is 0.183. The van der Waals surface area contributed by atoms with Gasteiger partial charge in [-0.25, -0.2) is 0 Å². The van der Waals surface area contributed by atoms with Crippen molar-refractivity contribution in [2.75, 3.05) is 11.4 Å². The van der Waals surface area contributed by atoms with Gasteiger partial charge in [-0.05, 0) is 37.0 Å². The van der Waals surface area contributed by atoms with Crippen molar-refractivity contribution in [3.63, 3.8) is 0 Å². The fraction of sp³-hybridized carbons (Fsp3) is 0.500. The molecule has 0 aliphatic carbocycles. The molecule has 1 aliphatic heterocycles. The second-order valence-corrected chi connectivity index (χ2v) is 4.13. The highest BCUT2D eigenvalue weighted by molar-refractivity contribution is 5.48. The van der Waals surface area contributed by atoms with Crippen LogP contribution in [0.15, 0.2) is 24.3 Å². The van der Waals surface area contributed by atoms with Crippen molar-refractivity contribution in [2.24, 2.45) is 11.5 Å². The summed E-state index contributed by atoms with van der Waals surface area (Å²) in [5, 5.41) is 0. The van der Waals surface area contributed by atoms with E-state index in [1.165, 1.54) is 24.1 Å². The number of anilines is 1. The molecule has 0 spiro atoms. The Labute approximate surface area is 91.1 Å². The Kier molecular flexibility index (Phi) is 3.23. The predicted octanol–water partition coefficient (Wildman–Crippen LogP) is 1.42. The van der Waals surface area contributed by atoms with E-state index in [2.05, 4.69) is 29.2 Å². The molecule has 3 nitrogen and oxygen atoms in total. The Morgan fingerprint density at radius 1 is 1.20 bits per heavy atom. The minimum Gasteiger partial charge on any atom is -0.356 e. The summed E-state index contributed by atoms with van der Waals surface area (Å²) in [5.74, 6) is 0. The second kappa shape index (κ2) is 4.64. The Hall–Kier alpha value is -1.06. The fourth-order valence-electron chi connectivity index (χ4n) is 2.10. The monoisotopic (exact) mass is 205 g/mol. The molecule has 2 rings (SSSR count). The lowest BCUT2D eigenvalue weighted by Gasteiger charge is -2.35. The van der Waals surface area contributed by atoms with Crippen LogP contribution in [0.3, 0.4) is 0 Å². The van der Waals surface area contributed by atoms with E-state index >= 15 is 0 Å². The van der Waals surface area contributed by atoms with Gasteiger partial charge in [0, 0.05) is 18.8 Å². The van der Waals surface area contributed by atoms with Crippen molar-refractivity contribution in [2.45, 2.75) is 32.0 Å². The van der Waals surface area contributed by atoms with Crippen LogP contribution in [0.25, 0.3) is 0 Å². The van der Waals surface area contributed by atoms with Crippen molar-refractivity contribution >= 4 is 5.69 Å². The molecule has 1 unspecified atom stereocenters. The largest absolute Gasteiger partial charge is 0.356 e. The number of piperidine rings is 1. The summed E-state index contributed by atoms with van der Waals surface area (Å²) < 4.78 is 0. The van der Waals surface area contributed by atoms with Gasteiger partial charge in [-0.3, -0.25) is 0 Å². The van der Waals surface area contributed by atoms with Crippen LogP contribution in [0.4, 0.5) is 5.69 Å². The second-order valence-electron chi connectivity index (χ2n) is 4.13. The molecule has 1 aromatic rings. The molecular weight excluding hydrogens is 186 g/mol. The van der Waals surface area contributed by atoms with E-state index in [1.807, 2.05) is 0 Å². The fourth-order valence-corrected chi connectivity index (χ4v) is 2.10. The van der Waals surface area contributed by atoms with Crippen LogP contribution in [-0.2, 0) is 6.54 Å². The first-order valence-corrected chi connectivity index (χ1v) is 5.62. The molecule has 1 atom stereocenters. The lowest BCUT2D eigenvalue weighted by Crippen LogP contribution is -2.45. The summed E-state index contributed by atoms with van der Waals surface area (Å²) in [6.45, 7) is 1.68. The highest BCUT2D eigenvalue weighted by Crippen LogP contribution is 2.22. The van der Waals surface area contributed by atoms with Crippen LogP contribution in [0.2, 0.25) is 0 Å². The molecule has 3 heteroatoms. The maximum atomic E-state index is 6.08. The molecule has 82 valence electrons. The summed E-state index contributed by atoms with van der Waals surface area (Å²) >= 11 is 0. The van der Waals surface area contributed by atoms with Gasteiger partial charge in [0.15, 0.2) is 0 Å². The van der Waals surface area contributed by atoms with Crippen LogP contribution in [-0.4, -0.2) is 12.7 Å². The Balaban J connectivity index is 2.13. The van der Waals surface area contributed by atoms with Gasteiger partial charge in [-0.2, -0.15) is 0 Å². The SMILES string of the molecule is NCc1ccc(N2CCCCC2N)cc1. The molecule has 0 bridgehead atoms. The number of nitrogens with two attached hydrogens (primary N) is 2. The van der Waals surface area contributed by atoms with E-state index in [4.69, 9.17) is 11.5 Å². The third-order valence-corrected chi connectivity index (χ3v) is 3.05. The van der Waals surface area contributed by atoms with E-state index in [1.54, 1.807) is 0 Å². The van der Waals surface area contributed by atoms with E-state index in [0.29, 0.717) is 6.54 Å². The van der Waals surface area contributed by atoms with Gasteiger partial charge in [0.1, 0.15) is 0 Å². The van der Waals surface area contributed by atoms with E-state index in [0.717, 1.165) is 13.0 Å². The zero-order valence-electron chi connectivity index (χ0n) is 9.02. The van der Waals surface area contributed by atoms with Crippen molar-refractivity contribution in [1.29, 1.82) is 0 Å². The number of benzene rings is 1. The molecule has 1 heterocycles. The smallest absolute Gasteiger partial charge is 0.0770 e. The quantitative estimate of drug-likeness (QED) is 0.767. The summed E-state index contributed by atoms with van der Waals surface area (Å²) in [6.07, 6.45) is 3.77. The first-order chi connectivity index (χ1) is 7.31. The minimum absolute atomic E-state index is 0.183. The van der Waals surface area contributed by atoms with Crippen molar-refractivity contribution in [3.8, 4) is 0 Å². The molecule has 1 aliphatic rings. The maximum absolute atomic E-state index is 6.08. The lowest BCUT2D eigenvalue weighted by atomic mass is 10.1. The third-order valence-electron chi connectivity index (χ3n) is 3.05. The highest BCUT2D eigenvalue weighted by Gasteiger charge is 2.18. The molecule has 1 saturated heterocycles. The molecule has 0 aromatic heterocycles. The van der Waals surface area contributed by atoms with Crippen LogP contribution in [0, 0.1) is 0 Å². The molecule has 0 amide bonds. The zero-order chi connectivity index (χ0) is 10.7. The van der Waals surface area contributed by atoms with E-state index in [9.17, 15) is 0 Å². The molecule has 1 aromatic carbocycles. The van der Waals surface area contributed by atoms with Gasteiger partial charge in [-0.15, -0.1) is 0 Å². The Morgan fingerprint density at radius 3 is 2.53 bits per heavy atom. The number of hydrogen-bond donors (Lipinski definition) is 2. The summed E-state index contributed by atoms with van der Waals surface area (Å²) in [7, 11) is 0. The van der Waals surface area contributed by atoms with Crippen LogP contribution in [0.5, 0.6) is 0 Å². The Bertz CT molecular complexity index is 307. The van der Waals surface area contributed by atoms with Gasteiger partial charge in [0.2, 0.25) is 0 Å². The van der Waals surface area contributed by atoms with E-state index in [-0.39, 0.29) is 6.17 Å². The number of hydrogen-bond acceptors (Lipinski definition) is 3. The standard InChI is InChI=1S/C12H19N3/c13-9-10-4-6-11(7-5-10)15-8-2-1-3-12(15)14/h4-7,12H,1-3,8-9,13-14H2. The van der Waals surface area contributed by atoms with Crippen molar-refractivity contribution in [1.82, 2.24) is 0 Å². The normalized spacial score (nSPS) is 21.7. The van der Waals surface area contributed by atoms with Crippen LogP contribution in [0.1, 0.15) is 24.8 Å². The topological polar surface area (TPSA) is 55.3 Å². The highest BCUT2D eigenvalue weighted by atomic mass is 15.2. The first-order valence-electron chi connectivity index (χ1n) is 5.62. The van der Waals surface area contributed by atoms with Gasteiger partial charge < -0.3 is 16.4 Å². The molecule has 4 N–H and O–H groups in total. The zero-order valence-corrected chi connectivity index (χ0v) is 9.02. The molecule has 15 heavy (non-hydrogen) atoms. The average Bonchev–Trinajstić information content (AvgIpc) is 2.30. The van der Waals surface area contributed by atoms with Crippen molar-refractivity contribution < 1.29 is 0 Å². The van der Waals surface area contributed by atoms with Crippen molar-refractivity contribution in [3.05, 3.63) is 29.8 Å². The van der Waals surface area contributed by atoms with Crippen LogP contribution < -0.4 is 16.4 Å². The average molecular weight is 205 g/mol. The summed E-state index contributed by atoms with van der Waals surface area (Å²) in [6, 6.07) is 8.40.